The number of hydrogen-bond donors (Lipinski definition) is 1. The molecule has 3 heteroatoms. The third-order valence-electron chi connectivity index (χ3n) is 3.16. The van der Waals surface area contributed by atoms with E-state index in [0.717, 1.165) is 12.8 Å². The summed E-state index contributed by atoms with van der Waals surface area (Å²) in [7, 11) is 4.01. The molecule has 17 heavy (non-hydrogen) atoms. The van der Waals surface area contributed by atoms with Crippen molar-refractivity contribution in [3.8, 4) is 0 Å². The molecule has 0 saturated heterocycles. The predicted octanol–water partition coefficient (Wildman–Crippen LogP) is 2.31. The lowest BCUT2D eigenvalue weighted by Gasteiger charge is -2.16. The van der Waals surface area contributed by atoms with Crippen LogP contribution in [0.25, 0.3) is 0 Å². The molecule has 0 aliphatic rings. The number of nitrogens with zero attached hydrogens (tertiary/aromatic N) is 2. The molecule has 0 bridgehead atoms. The van der Waals surface area contributed by atoms with Crippen LogP contribution in [0.1, 0.15) is 23.7 Å². The molecule has 1 heterocycles. The van der Waals surface area contributed by atoms with Crippen molar-refractivity contribution in [2.45, 2.75) is 18.9 Å². The summed E-state index contributed by atoms with van der Waals surface area (Å²) in [6.45, 7) is 0. The molecule has 0 aliphatic heterocycles. The quantitative estimate of drug-likeness (QED) is 0.852. The van der Waals surface area contributed by atoms with E-state index in [4.69, 9.17) is 0 Å². The average Bonchev–Trinajstić information content (AvgIpc) is 2.77. The number of nitrogens with one attached hydrogen (secondary N) is 1. The van der Waals surface area contributed by atoms with Gasteiger partial charge in [0.05, 0.1) is 0 Å². The van der Waals surface area contributed by atoms with Crippen molar-refractivity contribution >= 4 is 0 Å². The summed E-state index contributed by atoms with van der Waals surface area (Å²) in [5.41, 5.74) is 2.62. The van der Waals surface area contributed by atoms with Crippen LogP contribution < -0.4 is 5.32 Å². The molecule has 1 atom stereocenters. The second-order valence-corrected chi connectivity index (χ2v) is 4.24. The van der Waals surface area contributed by atoms with Crippen LogP contribution in [0.4, 0.5) is 0 Å². The molecule has 1 aromatic carbocycles. The van der Waals surface area contributed by atoms with E-state index in [1.807, 2.05) is 25.0 Å². The van der Waals surface area contributed by atoms with Crippen molar-refractivity contribution in [3.05, 3.63) is 53.9 Å². The van der Waals surface area contributed by atoms with E-state index < -0.39 is 0 Å². The van der Waals surface area contributed by atoms with Gasteiger partial charge >= 0.3 is 0 Å². The van der Waals surface area contributed by atoms with Crippen LogP contribution in [0.15, 0.2) is 42.6 Å². The monoisotopic (exact) mass is 229 g/mol. The number of benzene rings is 1. The SMILES string of the molecule is CNC(CCc1ccnn1C)c1ccccc1. The van der Waals surface area contributed by atoms with Crippen LogP contribution in [-0.4, -0.2) is 16.8 Å². The minimum Gasteiger partial charge on any atom is -0.313 e. The van der Waals surface area contributed by atoms with E-state index in [2.05, 4.69) is 46.8 Å². The minimum atomic E-state index is 0.408. The highest BCUT2D eigenvalue weighted by molar-refractivity contribution is 5.19. The van der Waals surface area contributed by atoms with Crippen LogP contribution in [0.2, 0.25) is 0 Å². The first-order valence-electron chi connectivity index (χ1n) is 6.00. The van der Waals surface area contributed by atoms with E-state index in [0.29, 0.717) is 6.04 Å². The molecule has 90 valence electrons. The van der Waals surface area contributed by atoms with Crippen molar-refractivity contribution in [1.82, 2.24) is 15.1 Å². The molecule has 0 radical (unpaired) electrons. The maximum Gasteiger partial charge on any atom is 0.0492 e. The van der Waals surface area contributed by atoms with Gasteiger partial charge < -0.3 is 5.32 Å². The summed E-state index contributed by atoms with van der Waals surface area (Å²) in [6.07, 6.45) is 3.98. The fourth-order valence-electron chi connectivity index (χ4n) is 2.10. The Labute approximate surface area is 102 Å². The number of hydrogen-bond acceptors (Lipinski definition) is 2. The van der Waals surface area contributed by atoms with Gasteiger partial charge in [0.1, 0.15) is 0 Å². The van der Waals surface area contributed by atoms with Gasteiger partial charge in [-0.3, -0.25) is 4.68 Å². The Morgan fingerprint density at radius 2 is 2.00 bits per heavy atom. The van der Waals surface area contributed by atoms with Crippen molar-refractivity contribution in [1.29, 1.82) is 0 Å². The lowest BCUT2D eigenvalue weighted by molar-refractivity contribution is 0.536. The highest BCUT2D eigenvalue weighted by Gasteiger charge is 2.09. The molecule has 2 rings (SSSR count). The molecule has 0 saturated carbocycles. The Bertz CT molecular complexity index is 448. The fourth-order valence-corrected chi connectivity index (χ4v) is 2.10. The van der Waals surface area contributed by atoms with Gasteiger partial charge in [-0.2, -0.15) is 5.10 Å². The molecule has 3 nitrogen and oxygen atoms in total. The maximum atomic E-state index is 4.19. The first-order valence-corrected chi connectivity index (χ1v) is 6.00. The van der Waals surface area contributed by atoms with Crippen molar-refractivity contribution < 1.29 is 0 Å². The summed E-state index contributed by atoms with van der Waals surface area (Å²) in [5, 5.41) is 7.56. The second kappa shape index (κ2) is 5.64. The lowest BCUT2D eigenvalue weighted by atomic mass is 10.0. The molecule has 0 amide bonds. The summed E-state index contributed by atoms with van der Waals surface area (Å²) in [4.78, 5) is 0. The van der Waals surface area contributed by atoms with Crippen LogP contribution in [0, 0.1) is 0 Å². The van der Waals surface area contributed by atoms with E-state index in [-0.39, 0.29) is 0 Å². The Morgan fingerprint density at radius 3 is 2.59 bits per heavy atom. The predicted molar refractivity (Wildman–Crippen MR) is 69.8 cm³/mol. The van der Waals surface area contributed by atoms with Crippen LogP contribution in [0.3, 0.4) is 0 Å². The molecule has 2 aromatic rings. The standard InChI is InChI=1S/C14H19N3/c1-15-14(12-6-4-3-5-7-12)9-8-13-10-11-16-17(13)2/h3-7,10-11,14-15H,8-9H2,1-2H3. The average molecular weight is 229 g/mol. The highest BCUT2D eigenvalue weighted by Crippen LogP contribution is 2.18. The van der Waals surface area contributed by atoms with Gasteiger partial charge in [0, 0.05) is 25.0 Å². The first-order chi connectivity index (χ1) is 8.31. The summed E-state index contributed by atoms with van der Waals surface area (Å²) < 4.78 is 1.94. The highest BCUT2D eigenvalue weighted by atomic mass is 15.2. The molecule has 0 spiro atoms. The largest absolute Gasteiger partial charge is 0.313 e. The fraction of sp³-hybridized carbons (Fsp3) is 0.357. The molecular formula is C14H19N3. The van der Waals surface area contributed by atoms with Crippen LogP contribution in [-0.2, 0) is 13.5 Å². The van der Waals surface area contributed by atoms with E-state index in [1.54, 1.807) is 0 Å². The summed E-state index contributed by atoms with van der Waals surface area (Å²) in [6, 6.07) is 13.1. The van der Waals surface area contributed by atoms with E-state index in [9.17, 15) is 0 Å². The first kappa shape index (κ1) is 11.9. The Kier molecular flexibility index (Phi) is 3.94. The van der Waals surface area contributed by atoms with Gasteiger partial charge in [-0.15, -0.1) is 0 Å². The van der Waals surface area contributed by atoms with Crippen LogP contribution >= 0.6 is 0 Å². The van der Waals surface area contributed by atoms with E-state index in [1.165, 1.54) is 11.3 Å². The van der Waals surface area contributed by atoms with E-state index >= 15 is 0 Å². The second-order valence-electron chi connectivity index (χ2n) is 4.24. The molecule has 1 unspecified atom stereocenters. The smallest absolute Gasteiger partial charge is 0.0492 e. The molecule has 1 N–H and O–H groups in total. The van der Waals surface area contributed by atoms with Crippen LogP contribution in [0.5, 0.6) is 0 Å². The maximum absolute atomic E-state index is 4.19. The minimum absolute atomic E-state index is 0.408. The molecule has 0 aliphatic carbocycles. The Hall–Kier alpha value is -1.61. The number of aryl methyl sites for hydroxylation is 2. The third kappa shape index (κ3) is 2.94. The summed E-state index contributed by atoms with van der Waals surface area (Å²) >= 11 is 0. The van der Waals surface area contributed by atoms with Gasteiger partial charge in [0.25, 0.3) is 0 Å². The third-order valence-corrected chi connectivity index (χ3v) is 3.16. The van der Waals surface area contributed by atoms with Gasteiger partial charge in [0.2, 0.25) is 0 Å². The topological polar surface area (TPSA) is 29.9 Å². The lowest BCUT2D eigenvalue weighted by Crippen LogP contribution is -2.17. The van der Waals surface area contributed by atoms with Gasteiger partial charge in [-0.25, -0.2) is 0 Å². The van der Waals surface area contributed by atoms with Gasteiger partial charge in [-0.05, 0) is 31.5 Å². The molecular weight excluding hydrogens is 210 g/mol. The number of aromatic nitrogens is 2. The van der Waals surface area contributed by atoms with Crippen molar-refractivity contribution in [2.75, 3.05) is 7.05 Å². The zero-order chi connectivity index (χ0) is 12.1. The Morgan fingerprint density at radius 1 is 1.24 bits per heavy atom. The number of rotatable bonds is 5. The van der Waals surface area contributed by atoms with Gasteiger partial charge in [-0.1, -0.05) is 30.3 Å². The molecule has 0 fully saturated rings. The Balaban J connectivity index is 1.99. The zero-order valence-corrected chi connectivity index (χ0v) is 10.4. The molecule has 1 aromatic heterocycles. The van der Waals surface area contributed by atoms with Gasteiger partial charge in [0.15, 0.2) is 0 Å². The van der Waals surface area contributed by atoms with Crippen molar-refractivity contribution in [2.24, 2.45) is 7.05 Å². The summed E-state index contributed by atoms with van der Waals surface area (Å²) in [5.74, 6) is 0. The normalized spacial score (nSPS) is 12.6. The van der Waals surface area contributed by atoms with Crippen molar-refractivity contribution in [3.63, 3.8) is 0 Å². The zero-order valence-electron chi connectivity index (χ0n) is 10.4.